The van der Waals surface area contributed by atoms with E-state index >= 15 is 0 Å². The largest absolute Gasteiger partial charge is 0.336 e. The van der Waals surface area contributed by atoms with E-state index in [9.17, 15) is 0 Å². The average Bonchev–Trinajstić information content (AvgIpc) is 3.58. The predicted molar refractivity (Wildman–Crippen MR) is 127 cm³/mol. The standard InChI is InChI=1S/C24H32N8/c1-3-31(4-2)16-18-9-7-13-32(18)24-26-20-11-5-10-19(20)23(28-24)27-22-14-21(29-30-22)17-8-6-12-25-15-17/h6,8,12,14-15,18H,3-5,7,9-11,13,16H2,1-2H3,(H2,26,27,28,29,30). The van der Waals surface area contributed by atoms with Gasteiger partial charge in [0.05, 0.1) is 11.4 Å². The second-order valence-electron chi connectivity index (χ2n) is 8.66. The Morgan fingerprint density at radius 2 is 2.09 bits per heavy atom. The van der Waals surface area contributed by atoms with Gasteiger partial charge < -0.3 is 15.1 Å². The third-order valence-corrected chi connectivity index (χ3v) is 6.72. The van der Waals surface area contributed by atoms with Crippen LogP contribution in [0.15, 0.2) is 30.6 Å². The van der Waals surface area contributed by atoms with Crippen molar-refractivity contribution in [2.75, 3.05) is 36.4 Å². The zero-order valence-electron chi connectivity index (χ0n) is 19.0. The van der Waals surface area contributed by atoms with Gasteiger partial charge in [-0.2, -0.15) is 10.1 Å². The molecular formula is C24H32N8. The van der Waals surface area contributed by atoms with Crippen LogP contribution in [0, 0.1) is 0 Å². The molecule has 0 bridgehead atoms. The summed E-state index contributed by atoms with van der Waals surface area (Å²) in [4.78, 5) is 19.2. The van der Waals surface area contributed by atoms with E-state index in [1.807, 2.05) is 24.4 Å². The van der Waals surface area contributed by atoms with Crippen molar-refractivity contribution in [3.63, 3.8) is 0 Å². The molecule has 0 radical (unpaired) electrons. The van der Waals surface area contributed by atoms with E-state index in [0.29, 0.717) is 6.04 Å². The molecule has 1 saturated heterocycles. The number of aromatic nitrogens is 5. The van der Waals surface area contributed by atoms with Crippen molar-refractivity contribution < 1.29 is 0 Å². The number of pyridine rings is 1. The lowest BCUT2D eigenvalue weighted by Crippen LogP contribution is -2.41. The second kappa shape index (κ2) is 9.24. The van der Waals surface area contributed by atoms with Gasteiger partial charge in [-0.3, -0.25) is 10.1 Å². The molecule has 3 aromatic rings. The molecule has 1 fully saturated rings. The summed E-state index contributed by atoms with van der Waals surface area (Å²) in [5, 5.41) is 11.1. The monoisotopic (exact) mass is 432 g/mol. The normalized spacial score (nSPS) is 17.8. The Balaban J connectivity index is 1.41. The summed E-state index contributed by atoms with van der Waals surface area (Å²) < 4.78 is 0. The van der Waals surface area contributed by atoms with Crippen molar-refractivity contribution in [3.8, 4) is 11.3 Å². The summed E-state index contributed by atoms with van der Waals surface area (Å²) in [6, 6.07) is 6.44. The fourth-order valence-electron chi connectivity index (χ4n) is 4.90. The molecule has 1 aliphatic carbocycles. The number of H-pyrrole nitrogens is 1. The van der Waals surface area contributed by atoms with E-state index in [1.54, 1.807) is 6.20 Å². The number of rotatable bonds is 8. The van der Waals surface area contributed by atoms with E-state index < -0.39 is 0 Å². The Labute approximate surface area is 189 Å². The predicted octanol–water partition coefficient (Wildman–Crippen LogP) is 3.80. The Kier molecular flexibility index (Phi) is 6.03. The smallest absolute Gasteiger partial charge is 0.227 e. The summed E-state index contributed by atoms with van der Waals surface area (Å²) >= 11 is 0. The van der Waals surface area contributed by atoms with E-state index in [-0.39, 0.29) is 0 Å². The minimum absolute atomic E-state index is 0.477. The lowest BCUT2D eigenvalue weighted by molar-refractivity contribution is 0.282. The van der Waals surface area contributed by atoms with Gasteiger partial charge in [-0.05, 0) is 57.3 Å². The van der Waals surface area contributed by atoms with Crippen molar-refractivity contribution in [2.24, 2.45) is 0 Å². The van der Waals surface area contributed by atoms with Crippen molar-refractivity contribution in [2.45, 2.75) is 52.0 Å². The first kappa shape index (κ1) is 20.9. The zero-order chi connectivity index (χ0) is 21.9. The molecule has 0 spiro atoms. The molecule has 2 N–H and O–H groups in total. The number of nitrogens with one attached hydrogen (secondary N) is 2. The first-order valence-electron chi connectivity index (χ1n) is 11.9. The highest BCUT2D eigenvalue weighted by Crippen LogP contribution is 2.33. The van der Waals surface area contributed by atoms with Crippen LogP contribution >= 0.6 is 0 Å². The SMILES string of the molecule is CCN(CC)CC1CCCN1c1nc2c(c(Nc3cc(-c4cccnc4)[nH]n3)n1)CCC2. The van der Waals surface area contributed by atoms with E-state index in [2.05, 4.69) is 44.1 Å². The van der Waals surface area contributed by atoms with E-state index in [4.69, 9.17) is 9.97 Å². The molecule has 168 valence electrons. The van der Waals surface area contributed by atoms with Crippen molar-refractivity contribution in [1.29, 1.82) is 0 Å². The van der Waals surface area contributed by atoms with E-state index in [1.165, 1.54) is 24.1 Å². The van der Waals surface area contributed by atoms with Gasteiger partial charge in [-0.1, -0.05) is 13.8 Å². The molecule has 8 nitrogen and oxygen atoms in total. The number of aryl methyl sites for hydroxylation is 1. The molecule has 5 rings (SSSR count). The molecular weight excluding hydrogens is 400 g/mol. The van der Waals surface area contributed by atoms with Gasteiger partial charge >= 0.3 is 0 Å². The maximum Gasteiger partial charge on any atom is 0.227 e. The van der Waals surface area contributed by atoms with Crippen LogP contribution in [-0.4, -0.2) is 62.3 Å². The van der Waals surface area contributed by atoms with Crippen LogP contribution in [0.5, 0.6) is 0 Å². The molecule has 4 heterocycles. The Morgan fingerprint density at radius 1 is 1.19 bits per heavy atom. The molecule has 8 heteroatoms. The molecule has 0 amide bonds. The number of hydrogen-bond donors (Lipinski definition) is 2. The molecule has 1 atom stereocenters. The number of hydrogen-bond acceptors (Lipinski definition) is 7. The minimum atomic E-state index is 0.477. The maximum atomic E-state index is 5.03. The number of likely N-dealkylation sites (N-methyl/N-ethyl adjacent to an activating group) is 1. The first-order valence-corrected chi connectivity index (χ1v) is 11.9. The number of aromatic amines is 1. The molecule has 3 aromatic heterocycles. The number of fused-ring (bicyclic) bond motifs is 1. The highest BCUT2D eigenvalue weighted by atomic mass is 15.3. The van der Waals surface area contributed by atoms with Gasteiger partial charge in [0.25, 0.3) is 0 Å². The van der Waals surface area contributed by atoms with Crippen molar-refractivity contribution in [1.82, 2.24) is 30.0 Å². The van der Waals surface area contributed by atoms with Crippen LogP contribution in [0.2, 0.25) is 0 Å². The van der Waals surface area contributed by atoms with Gasteiger partial charge in [0, 0.05) is 48.7 Å². The lowest BCUT2D eigenvalue weighted by atomic mass is 10.2. The van der Waals surface area contributed by atoms with Gasteiger partial charge in [0.2, 0.25) is 5.95 Å². The van der Waals surface area contributed by atoms with Gasteiger partial charge in [0.1, 0.15) is 5.82 Å². The van der Waals surface area contributed by atoms with Crippen molar-refractivity contribution in [3.05, 3.63) is 41.9 Å². The van der Waals surface area contributed by atoms with Crippen LogP contribution in [0.25, 0.3) is 11.3 Å². The average molecular weight is 433 g/mol. The Bertz CT molecular complexity index is 1040. The summed E-state index contributed by atoms with van der Waals surface area (Å²) in [7, 11) is 0. The van der Waals surface area contributed by atoms with Crippen LogP contribution in [0.3, 0.4) is 0 Å². The second-order valence-corrected chi connectivity index (χ2v) is 8.66. The fraction of sp³-hybridized carbons (Fsp3) is 0.500. The molecule has 1 unspecified atom stereocenters. The van der Waals surface area contributed by atoms with Crippen LogP contribution in [0.4, 0.5) is 17.6 Å². The van der Waals surface area contributed by atoms with Gasteiger partial charge in [-0.15, -0.1) is 0 Å². The molecule has 32 heavy (non-hydrogen) atoms. The van der Waals surface area contributed by atoms with Crippen LogP contribution in [-0.2, 0) is 12.8 Å². The van der Waals surface area contributed by atoms with Gasteiger partial charge in [-0.25, -0.2) is 4.98 Å². The number of anilines is 3. The van der Waals surface area contributed by atoms with E-state index in [0.717, 1.165) is 74.3 Å². The fourth-order valence-corrected chi connectivity index (χ4v) is 4.90. The van der Waals surface area contributed by atoms with Crippen LogP contribution < -0.4 is 10.2 Å². The lowest BCUT2D eigenvalue weighted by Gasteiger charge is -2.30. The third-order valence-electron chi connectivity index (χ3n) is 6.72. The zero-order valence-corrected chi connectivity index (χ0v) is 19.0. The molecule has 1 aliphatic heterocycles. The Hall–Kier alpha value is -3.00. The topological polar surface area (TPSA) is 85.9 Å². The number of nitrogens with zero attached hydrogens (tertiary/aromatic N) is 6. The highest BCUT2D eigenvalue weighted by molar-refractivity contribution is 5.66. The molecule has 0 aromatic carbocycles. The maximum absolute atomic E-state index is 5.03. The van der Waals surface area contributed by atoms with Gasteiger partial charge in [0.15, 0.2) is 5.82 Å². The first-order chi connectivity index (χ1) is 15.7. The minimum Gasteiger partial charge on any atom is -0.336 e. The quantitative estimate of drug-likeness (QED) is 0.560. The summed E-state index contributed by atoms with van der Waals surface area (Å²) in [5.74, 6) is 2.54. The van der Waals surface area contributed by atoms with Crippen LogP contribution in [0.1, 0.15) is 44.4 Å². The summed E-state index contributed by atoms with van der Waals surface area (Å²) in [6.45, 7) is 8.73. The Morgan fingerprint density at radius 3 is 2.91 bits per heavy atom. The van der Waals surface area contributed by atoms with Crippen molar-refractivity contribution >= 4 is 17.6 Å². The summed E-state index contributed by atoms with van der Waals surface area (Å²) in [5.41, 5.74) is 4.37. The summed E-state index contributed by atoms with van der Waals surface area (Å²) in [6.07, 6.45) is 9.18. The highest BCUT2D eigenvalue weighted by Gasteiger charge is 2.30. The molecule has 0 saturated carbocycles. The molecule has 2 aliphatic rings. The third kappa shape index (κ3) is 4.19.